The second kappa shape index (κ2) is 7.07. The molecule has 1 unspecified atom stereocenters. The van der Waals surface area contributed by atoms with Crippen LogP contribution in [-0.4, -0.2) is 60.9 Å². The summed E-state index contributed by atoms with van der Waals surface area (Å²) in [6.07, 6.45) is 5.14. The van der Waals surface area contributed by atoms with Crippen molar-refractivity contribution in [3.05, 3.63) is 40.7 Å². The molecule has 0 aromatic carbocycles. The van der Waals surface area contributed by atoms with Crippen LogP contribution in [0.5, 0.6) is 0 Å². The van der Waals surface area contributed by atoms with Crippen molar-refractivity contribution in [2.45, 2.75) is 25.4 Å². The van der Waals surface area contributed by atoms with Gasteiger partial charge in [-0.1, -0.05) is 5.10 Å². The fraction of sp³-hybridized carbons (Fsp3) is 0.524. The molecule has 3 aromatic rings. The van der Waals surface area contributed by atoms with Gasteiger partial charge in [0.2, 0.25) is 11.9 Å². The Labute approximate surface area is 183 Å². The maximum atomic E-state index is 14.2. The van der Waals surface area contributed by atoms with Crippen molar-refractivity contribution >= 4 is 11.9 Å². The molecule has 3 fully saturated rings. The topological polar surface area (TPSA) is 97.9 Å². The molecule has 6 rings (SSSR count). The largest absolute Gasteiger partial charge is 0.342 e. The predicted octanol–water partition coefficient (Wildman–Crippen LogP) is 0.949. The second-order valence-electron chi connectivity index (χ2n) is 9.13. The van der Waals surface area contributed by atoms with Crippen LogP contribution in [0.1, 0.15) is 12.8 Å². The summed E-state index contributed by atoms with van der Waals surface area (Å²) in [5, 5.41) is 12.3. The number of nitrogens with zero attached hydrogens (tertiary/aromatic N) is 9. The molecule has 3 atom stereocenters. The molecule has 3 aromatic heterocycles. The van der Waals surface area contributed by atoms with E-state index in [1.54, 1.807) is 7.05 Å². The van der Waals surface area contributed by atoms with Gasteiger partial charge in [-0.3, -0.25) is 14.3 Å². The van der Waals surface area contributed by atoms with Crippen LogP contribution in [0.4, 0.5) is 16.3 Å². The first-order valence-electron chi connectivity index (χ1n) is 10.9. The summed E-state index contributed by atoms with van der Waals surface area (Å²) in [6, 6.07) is 3.18. The van der Waals surface area contributed by atoms with Gasteiger partial charge in [0.15, 0.2) is 5.82 Å². The molecule has 10 nitrogen and oxygen atoms in total. The molecule has 0 bridgehead atoms. The van der Waals surface area contributed by atoms with E-state index in [1.165, 1.54) is 35.7 Å². The van der Waals surface area contributed by atoms with Gasteiger partial charge in [-0.25, -0.2) is 14.1 Å². The molecule has 4 heterocycles. The molecular formula is C21H24FN9O. The third-order valence-electron chi connectivity index (χ3n) is 7.00. The molecule has 0 radical (unpaired) electrons. The van der Waals surface area contributed by atoms with E-state index in [0.29, 0.717) is 29.4 Å². The highest BCUT2D eigenvalue weighted by Gasteiger charge is 2.59. The smallest absolute Gasteiger partial charge is 0.255 e. The van der Waals surface area contributed by atoms with E-state index < -0.39 is 5.82 Å². The lowest BCUT2D eigenvalue weighted by Crippen LogP contribution is -2.37. The highest BCUT2D eigenvalue weighted by molar-refractivity contribution is 5.60. The molecule has 1 saturated heterocycles. The number of fused-ring (bicyclic) bond motifs is 1. The van der Waals surface area contributed by atoms with E-state index in [4.69, 9.17) is 0 Å². The van der Waals surface area contributed by atoms with Crippen molar-refractivity contribution in [1.82, 2.24) is 34.7 Å². The molecule has 32 heavy (non-hydrogen) atoms. The summed E-state index contributed by atoms with van der Waals surface area (Å²) in [4.78, 5) is 25.4. The van der Waals surface area contributed by atoms with Crippen LogP contribution in [-0.2, 0) is 13.6 Å². The van der Waals surface area contributed by atoms with Crippen LogP contribution in [0.15, 0.2) is 29.3 Å². The highest BCUT2D eigenvalue weighted by Crippen LogP contribution is 2.50. The Hall–Kier alpha value is -3.37. The Morgan fingerprint density at radius 1 is 1.25 bits per heavy atom. The van der Waals surface area contributed by atoms with E-state index in [0.717, 1.165) is 31.8 Å². The summed E-state index contributed by atoms with van der Waals surface area (Å²) in [6.45, 7) is 2.64. The zero-order valence-corrected chi connectivity index (χ0v) is 18.0. The molecule has 2 aliphatic carbocycles. The number of rotatable bonds is 6. The van der Waals surface area contributed by atoms with E-state index in [2.05, 4.69) is 35.3 Å². The van der Waals surface area contributed by atoms with Crippen molar-refractivity contribution < 1.29 is 4.39 Å². The fourth-order valence-corrected chi connectivity index (χ4v) is 5.02. The number of hydrogen-bond acceptors (Lipinski definition) is 8. The van der Waals surface area contributed by atoms with Gasteiger partial charge >= 0.3 is 0 Å². The Morgan fingerprint density at radius 2 is 2.03 bits per heavy atom. The molecular weight excluding hydrogens is 413 g/mol. The van der Waals surface area contributed by atoms with E-state index in [-0.39, 0.29) is 17.2 Å². The lowest BCUT2D eigenvalue weighted by atomic mass is 10.2. The molecule has 11 heteroatoms. The monoisotopic (exact) mass is 437 g/mol. The van der Waals surface area contributed by atoms with E-state index >= 15 is 0 Å². The number of hydrogen-bond donors (Lipinski definition) is 0. The maximum absolute atomic E-state index is 14.2. The summed E-state index contributed by atoms with van der Waals surface area (Å²) < 4.78 is 17.7. The molecule has 0 N–H and O–H groups in total. The minimum Gasteiger partial charge on any atom is -0.342 e. The maximum Gasteiger partial charge on any atom is 0.255 e. The number of anilines is 2. The fourth-order valence-electron chi connectivity index (χ4n) is 5.02. The quantitative estimate of drug-likeness (QED) is 0.562. The average Bonchev–Trinajstić information content (AvgIpc) is 3.61. The highest BCUT2D eigenvalue weighted by atomic mass is 19.1. The normalized spacial score (nSPS) is 24.0. The van der Waals surface area contributed by atoms with Gasteiger partial charge in [0, 0.05) is 69.4 Å². The van der Waals surface area contributed by atoms with Crippen molar-refractivity contribution in [2.24, 2.45) is 24.8 Å². The van der Waals surface area contributed by atoms with Crippen LogP contribution in [0.25, 0.3) is 11.3 Å². The van der Waals surface area contributed by atoms with Gasteiger partial charge in [-0.05, 0) is 35.3 Å². The molecule has 0 amide bonds. The number of pyridine rings is 1. The van der Waals surface area contributed by atoms with Crippen molar-refractivity contribution in [2.75, 3.05) is 29.9 Å². The van der Waals surface area contributed by atoms with Crippen LogP contribution in [0.2, 0.25) is 0 Å². The molecule has 166 valence electrons. The van der Waals surface area contributed by atoms with Gasteiger partial charge in [0.1, 0.15) is 0 Å². The first kappa shape index (κ1) is 19.3. The predicted molar refractivity (Wildman–Crippen MR) is 115 cm³/mol. The zero-order valence-electron chi connectivity index (χ0n) is 18.0. The van der Waals surface area contributed by atoms with E-state index in [1.807, 2.05) is 11.7 Å². The van der Waals surface area contributed by atoms with Crippen LogP contribution in [0, 0.1) is 23.6 Å². The number of aromatic nitrogens is 7. The van der Waals surface area contributed by atoms with Crippen LogP contribution >= 0.6 is 0 Å². The Kier molecular flexibility index (Phi) is 4.27. The minimum atomic E-state index is -0.496. The standard InChI is InChI=1S/C21H24FN9O/c1-28-18(32)7-17(13-5-6-23-8-16(13)22)24-20(28)29(2)19-14-10-30(11-15(14)19)21-25-26-27-31(21)9-12-3-4-12/h5-8,12,14-15,19H,3-4,9-11H2,1-2H3/t14-,15+,19?. The molecule has 3 aliphatic rings. The van der Waals surface area contributed by atoms with Gasteiger partial charge in [-0.15, -0.1) is 0 Å². The third-order valence-corrected chi connectivity index (χ3v) is 7.00. The summed E-state index contributed by atoms with van der Waals surface area (Å²) in [5.41, 5.74) is 0.373. The Bertz CT molecular complexity index is 1220. The number of tetrazole rings is 1. The van der Waals surface area contributed by atoms with Crippen molar-refractivity contribution in [3.8, 4) is 11.3 Å². The van der Waals surface area contributed by atoms with E-state index in [9.17, 15) is 9.18 Å². The summed E-state index contributed by atoms with van der Waals surface area (Å²) in [7, 11) is 3.66. The third kappa shape index (κ3) is 3.14. The van der Waals surface area contributed by atoms with Gasteiger partial charge in [0.25, 0.3) is 5.56 Å². The first-order chi connectivity index (χ1) is 15.5. The van der Waals surface area contributed by atoms with Crippen LogP contribution < -0.4 is 15.4 Å². The lowest BCUT2D eigenvalue weighted by molar-refractivity contribution is 0.536. The number of piperidine rings is 1. The molecule has 1 aliphatic heterocycles. The van der Waals surface area contributed by atoms with Crippen LogP contribution in [0.3, 0.4) is 0 Å². The SMILES string of the molecule is CN(c1nc(-c2ccncc2F)cc(=O)n1C)C1[C@H]2CN(c3nnnn3CC3CC3)C[C@@H]12. The van der Waals surface area contributed by atoms with Gasteiger partial charge in [0.05, 0.1) is 11.9 Å². The van der Waals surface area contributed by atoms with Gasteiger partial charge in [-0.2, -0.15) is 0 Å². The van der Waals surface area contributed by atoms with Crippen molar-refractivity contribution in [1.29, 1.82) is 0 Å². The zero-order chi connectivity index (χ0) is 22.0. The average molecular weight is 437 g/mol. The van der Waals surface area contributed by atoms with Gasteiger partial charge < -0.3 is 9.80 Å². The van der Waals surface area contributed by atoms with Crippen molar-refractivity contribution in [3.63, 3.8) is 0 Å². The summed E-state index contributed by atoms with van der Waals surface area (Å²) in [5.74, 6) is 2.50. The Morgan fingerprint density at radius 3 is 2.75 bits per heavy atom. The molecule has 0 spiro atoms. The Balaban J connectivity index is 1.21. The number of halogens is 1. The second-order valence-corrected chi connectivity index (χ2v) is 9.13. The summed E-state index contributed by atoms with van der Waals surface area (Å²) >= 11 is 0. The lowest BCUT2D eigenvalue weighted by Gasteiger charge is -2.26. The minimum absolute atomic E-state index is 0.222. The first-order valence-corrected chi connectivity index (χ1v) is 10.9. The molecule has 2 saturated carbocycles.